The fourth-order valence-electron chi connectivity index (χ4n) is 3.01. The number of anilines is 1. The third-order valence-corrected chi connectivity index (χ3v) is 6.10. The summed E-state index contributed by atoms with van der Waals surface area (Å²) in [5.74, 6) is 0. The number of aryl methyl sites for hydroxylation is 2. The molecule has 0 spiro atoms. The number of hydrogen-bond donors (Lipinski definition) is 0. The average Bonchev–Trinajstić information content (AvgIpc) is 2.57. The Labute approximate surface area is 143 Å². The molecule has 4 heteroatoms. The van der Waals surface area contributed by atoms with Gasteiger partial charge in [-0.15, -0.1) is 0 Å². The maximum Gasteiger partial charge on any atom is 0.264 e. The first kappa shape index (κ1) is 16.5. The van der Waals surface area contributed by atoms with E-state index in [0.29, 0.717) is 11.4 Å². The van der Waals surface area contributed by atoms with Crippen molar-refractivity contribution in [2.45, 2.75) is 25.7 Å². The van der Waals surface area contributed by atoms with Gasteiger partial charge in [0, 0.05) is 6.54 Å². The number of fused-ring (bicyclic) bond motifs is 1. The van der Waals surface area contributed by atoms with Crippen molar-refractivity contribution in [3.05, 3.63) is 71.8 Å². The number of rotatable bonds is 4. The summed E-state index contributed by atoms with van der Waals surface area (Å²) < 4.78 is 27.8. The second-order valence-corrected chi connectivity index (χ2v) is 7.83. The van der Waals surface area contributed by atoms with Crippen molar-refractivity contribution in [1.29, 1.82) is 0 Å². The zero-order chi connectivity index (χ0) is 17.3. The molecule has 0 aromatic heterocycles. The zero-order valence-electron chi connectivity index (χ0n) is 14.2. The van der Waals surface area contributed by atoms with Crippen LogP contribution in [0.25, 0.3) is 10.8 Å². The molecule has 3 rings (SSSR count). The molecular formula is C20H21NO2S. The topological polar surface area (TPSA) is 37.4 Å². The van der Waals surface area contributed by atoms with Crippen molar-refractivity contribution in [1.82, 2.24) is 0 Å². The first-order chi connectivity index (χ1) is 11.4. The van der Waals surface area contributed by atoms with Crippen LogP contribution in [-0.4, -0.2) is 15.0 Å². The lowest BCUT2D eigenvalue weighted by atomic mass is 10.1. The molecule has 0 radical (unpaired) electrons. The Morgan fingerprint density at radius 1 is 0.875 bits per heavy atom. The summed E-state index contributed by atoms with van der Waals surface area (Å²) >= 11 is 0. The van der Waals surface area contributed by atoms with Gasteiger partial charge in [0.15, 0.2) is 0 Å². The highest BCUT2D eigenvalue weighted by Crippen LogP contribution is 2.28. The van der Waals surface area contributed by atoms with E-state index in [1.807, 2.05) is 69.3 Å². The van der Waals surface area contributed by atoms with E-state index in [1.165, 1.54) is 4.31 Å². The Bertz CT molecular complexity index is 993. The number of benzene rings is 3. The quantitative estimate of drug-likeness (QED) is 0.692. The predicted octanol–water partition coefficient (Wildman–Crippen LogP) is 4.67. The highest BCUT2D eigenvalue weighted by atomic mass is 32.2. The molecule has 0 bridgehead atoms. The van der Waals surface area contributed by atoms with Crippen molar-refractivity contribution in [2.75, 3.05) is 10.8 Å². The standard InChI is InChI=1S/C20H21NO2S/c1-4-21(20-12-9-15(2)13-16(20)3)24(22,23)19-11-10-17-7-5-6-8-18(17)14-19/h5-14H,4H2,1-3H3. The van der Waals surface area contributed by atoms with E-state index in [9.17, 15) is 8.42 Å². The van der Waals surface area contributed by atoms with E-state index in [2.05, 4.69) is 0 Å². The van der Waals surface area contributed by atoms with Crippen molar-refractivity contribution < 1.29 is 8.42 Å². The number of hydrogen-bond acceptors (Lipinski definition) is 2. The maximum absolute atomic E-state index is 13.2. The first-order valence-electron chi connectivity index (χ1n) is 8.02. The molecule has 3 aromatic rings. The molecule has 124 valence electrons. The molecular weight excluding hydrogens is 318 g/mol. The van der Waals surface area contributed by atoms with Gasteiger partial charge in [-0.05, 0) is 55.3 Å². The van der Waals surface area contributed by atoms with Crippen LogP contribution in [0.5, 0.6) is 0 Å². The lowest BCUT2D eigenvalue weighted by molar-refractivity contribution is 0.592. The van der Waals surface area contributed by atoms with Crippen LogP contribution in [0.1, 0.15) is 18.1 Å². The normalized spacial score (nSPS) is 11.6. The Kier molecular flexibility index (Phi) is 4.33. The van der Waals surface area contributed by atoms with Gasteiger partial charge in [0.2, 0.25) is 0 Å². The van der Waals surface area contributed by atoms with Gasteiger partial charge in [-0.1, -0.05) is 48.0 Å². The van der Waals surface area contributed by atoms with Gasteiger partial charge < -0.3 is 0 Å². The molecule has 3 nitrogen and oxygen atoms in total. The van der Waals surface area contributed by atoms with E-state index < -0.39 is 10.0 Å². The largest absolute Gasteiger partial charge is 0.266 e. The molecule has 0 aliphatic carbocycles. The lowest BCUT2D eigenvalue weighted by Crippen LogP contribution is -2.31. The molecule has 0 aliphatic heterocycles. The third-order valence-electron chi connectivity index (χ3n) is 4.22. The summed E-state index contributed by atoms with van der Waals surface area (Å²) in [5.41, 5.74) is 2.81. The number of nitrogens with zero attached hydrogens (tertiary/aromatic N) is 1. The van der Waals surface area contributed by atoms with Crippen LogP contribution in [0.3, 0.4) is 0 Å². The molecule has 0 N–H and O–H groups in total. The Morgan fingerprint density at radius 2 is 1.58 bits per heavy atom. The molecule has 0 heterocycles. The van der Waals surface area contributed by atoms with Crippen LogP contribution >= 0.6 is 0 Å². The summed E-state index contributed by atoms with van der Waals surface area (Å²) in [6.45, 7) is 6.20. The first-order valence-corrected chi connectivity index (χ1v) is 9.46. The summed E-state index contributed by atoms with van der Waals surface area (Å²) in [5, 5.41) is 1.96. The van der Waals surface area contributed by atoms with Gasteiger partial charge in [-0.2, -0.15) is 0 Å². The molecule has 0 fully saturated rings. The van der Waals surface area contributed by atoms with Crippen molar-refractivity contribution in [2.24, 2.45) is 0 Å². The van der Waals surface area contributed by atoms with E-state index in [1.54, 1.807) is 12.1 Å². The monoisotopic (exact) mass is 339 g/mol. The summed E-state index contributed by atoms with van der Waals surface area (Å²) in [6, 6.07) is 18.9. The molecule has 0 saturated carbocycles. The number of sulfonamides is 1. The highest BCUT2D eigenvalue weighted by Gasteiger charge is 2.24. The molecule has 24 heavy (non-hydrogen) atoms. The minimum Gasteiger partial charge on any atom is -0.266 e. The molecule has 0 atom stereocenters. The van der Waals surface area contributed by atoms with E-state index in [-0.39, 0.29) is 0 Å². The van der Waals surface area contributed by atoms with Crippen LogP contribution in [-0.2, 0) is 10.0 Å². The van der Waals surface area contributed by atoms with Crippen LogP contribution in [0.4, 0.5) is 5.69 Å². The van der Waals surface area contributed by atoms with Gasteiger partial charge >= 0.3 is 0 Å². The second kappa shape index (κ2) is 6.29. The Balaban J connectivity index is 2.12. The van der Waals surface area contributed by atoms with Gasteiger partial charge in [-0.25, -0.2) is 8.42 Å². The summed E-state index contributed by atoms with van der Waals surface area (Å²) in [6.07, 6.45) is 0. The minimum absolute atomic E-state index is 0.322. The lowest BCUT2D eigenvalue weighted by Gasteiger charge is -2.25. The second-order valence-electron chi connectivity index (χ2n) is 5.97. The fraction of sp³-hybridized carbons (Fsp3) is 0.200. The van der Waals surface area contributed by atoms with Gasteiger partial charge in [0.25, 0.3) is 10.0 Å². The SMILES string of the molecule is CCN(c1ccc(C)cc1C)S(=O)(=O)c1ccc2ccccc2c1. The van der Waals surface area contributed by atoms with Crippen LogP contribution in [0.2, 0.25) is 0 Å². The summed E-state index contributed by atoms with van der Waals surface area (Å²) in [4.78, 5) is 0.322. The van der Waals surface area contributed by atoms with Crippen molar-refractivity contribution in [3.63, 3.8) is 0 Å². The molecule has 3 aromatic carbocycles. The molecule has 0 saturated heterocycles. The van der Waals surface area contributed by atoms with Crippen LogP contribution in [0, 0.1) is 13.8 Å². The smallest absolute Gasteiger partial charge is 0.264 e. The van der Waals surface area contributed by atoms with E-state index >= 15 is 0 Å². The van der Waals surface area contributed by atoms with Crippen molar-refractivity contribution in [3.8, 4) is 0 Å². The van der Waals surface area contributed by atoms with Crippen LogP contribution < -0.4 is 4.31 Å². The van der Waals surface area contributed by atoms with Gasteiger partial charge in [0.05, 0.1) is 10.6 Å². The maximum atomic E-state index is 13.2. The third kappa shape index (κ3) is 2.89. The van der Waals surface area contributed by atoms with Crippen LogP contribution in [0.15, 0.2) is 65.6 Å². The zero-order valence-corrected chi connectivity index (χ0v) is 15.0. The van der Waals surface area contributed by atoms with Gasteiger partial charge in [-0.3, -0.25) is 4.31 Å². The molecule has 0 unspecified atom stereocenters. The molecule has 0 aliphatic rings. The van der Waals surface area contributed by atoms with Crippen molar-refractivity contribution >= 4 is 26.5 Å². The minimum atomic E-state index is -3.60. The molecule has 0 amide bonds. The fourth-order valence-corrected chi connectivity index (χ4v) is 4.58. The Morgan fingerprint density at radius 3 is 2.25 bits per heavy atom. The predicted molar refractivity (Wildman–Crippen MR) is 100 cm³/mol. The Hall–Kier alpha value is -2.33. The van der Waals surface area contributed by atoms with Gasteiger partial charge in [0.1, 0.15) is 0 Å². The van der Waals surface area contributed by atoms with E-state index in [4.69, 9.17) is 0 Å². The summed E-state index contributed by atoms with van der Waals surface area (Å²) in [7, 11) is -3.60. The highest BCUT2D eigenvalue weighted by molar-refractivity contribution is 7.92. The average molecular weight is 339 g/mol. The van der Waals surface area contributed by atoms with E-state index in [0.717, 1.165) is 27.6 Å².